The molecule has 9 heterocycles. The monoisotopic (exact) mass is 1840 g/mol. The average Bonchev–Trinajstić information content (AvgIpc) is 0.773. The van der Waals surface area contributed by atoms with Crippen molar-refractivity contribution < 1.29 is 85.7 Å². The summed E-state index contributed by atoms with van der Waals surface area (Å²) in [5.41, 5.74) is 18.8. The summed E-state index contributed by atoms with van der Waals surface area (Å²) < 4.78 is 90.4. The average molecular weight is 1840 g/mol. The van der Waals surface area contributed by atoms with Gasteiger partial charge in [0.1, 0.15) is 120 Å². The predicted octanol–water partition coefficient (Wildman–Crippen LogP) is 24.8. The first-order valence-electron chi connectivity index (χ1n) is 47.2. The fourth-order valence-corrected chi connectivity index (χ4v) is 19.8. The molecule has 16 rings (SSSR count). The van der Waals surface area contributed by atoms with Crippen LogP contribution in [0, 0.1) is 13.8 Å². The quantitative estimate of drug-likeness (QED) is 0.0420. The lowest BCUT2D eigenvalue weighted by molar-refractivity contribution is 0.0371. The highest BCUT2D eigenvalue weighted by atomic mass is 32.2. The van der Waals surface area contributed by atoms with Crippen LogP contribution in [0.15, 0.2) is 144 Å². The van der Waals surface area contributed by atoms with Crippen LogP contribution in [0.5, 0.6) is 80.5 Å². The Balaban J connectivity index is 0.000000159. The standard InChI is InChI=1S/C17H19NO2.C16H17NO2.C16H24O4S.C16H24O2.C15H21NO2.C14H20O4S.C14H20O2/c1-11-4-5-12(10-18-11)13-8-15(19)14-6-7-17(2,3)20-16(14)9-13;1-16(2)7-6-12-14(18)9-11(10-15(12)19-16)13-5-3-4-8-17-13;1-5-16(6-2)8-7-13-14(17)9-12(10-15(13)20-16)21(18,19)11(3)4;1-5-16(6-2)8-7-13-14(17)9-12(11(3)4)10-15(13)18-16;1-4-15(5-2)7-6-12-13(17)8-11(10(3)16)9-14(12)18-15;1-4-14(5-2)7-6-11-12(15)8-10(19(3,16)17)9-13(11)18-14;1-4-14(5-2)7-6-11-12(15)8-10(3)9-13(11)16-14/h4-5,8-10,19H,6-7H2,1-3H3;3-5,8-10,18H,6-7H2,1-2H3;9-11,17H,5-8H2,1-4H3;9-11,17H,5-8H2,1-4H3;8-9,17H,3-7,16H2,1-2H3;8-9,15H,4-7H2,1-3H3;8-9,15H,4-7H2,1-3H3. The lowest BCUT2D eigenvalue weighted by atomic mass is 9.85. The Morgan fingerprint density at radius 1 is 0.389 bits per heavy atom. The summed E-state index contributed by atoms with van der Waals surface area (Å²) in [6.07, 6.45) is 26.5. The van der Waals surface area contributed by atoms with Crippen molar-refractivity contribution in [2.24, 2.45) is 5.73 Å². The molecular weight excluding hydrogens is 1690 g/mol. The maximum Gasteiger partial charge on any atom is 0.180 e. The number of aromatic nitrogens is 2. The lowest BCUT2D eigenvalue weighted by Crippen LogP contribution is -2.38. The normalized spacial score (nSPS) is 17.1. The van der Waals surface area contributed by atoms with Crippen LogP contribution in [-0.4, -0.2) is 113 Å². The second kappa shape index (κ2) is 42.1. The number of rotatable bonds is 17. The van der Waals surface area contributed by atoms with Gasteiger partial charge in [0, 0.05) is 85.7 Å². The molecule has 2 aromatic heterocycles. The molecule has 0 radical (unpaired) electrons. The molecule has 9 N–H and O–H groups in total. The van der Waals surface area contributed by atoms with Gasteiger partial charge in [-0.15, -0.1) is 0 Å². The highest BCUT2D eigenvalue weighted by Gasteiger charge is 2.41. The Hall–Kier alpha value is -10.5. The fourth-order valence-electron chi connectivity index (χ4n) is 18.0. The number of pyridine rings is 2. The van der Waals surface area contributed by atoms with Gasteiger partial charge < -0.3 is 74.6 Å². The molecule has 0 fully saturated rings. The van der Waals surface area contributed by atoms with Crippen molar-refractivity contribution in [3.63, 3.8) is 0 Å². The van der Waals surface area contributed by atoms with Gasteiger partial charge in [0.25, 0.3) is 0 Å². The summed E-state index contributed by atoms with van der Waals surface area (Å²) in [6.45, 7) is 44.7. The van der Waals surface area contributed by atoms with E-state index < -0.39 is 24.9 Å². The Morgan fingerprint density at radius 2 is 0.733 bits per heavy atom. The van der Waals surface area contributed by atoms with Crippen LogP contribution in [-0.2, 0) is 64.6 Å². The largest absolute Gasteiger partial charge is 0.508 e. The number of ether oxygens (including phenoxy) is 7. The number of aromatic hydroxyl groups is 7. The van der Waals surface area contributed by atoms with Crippen molar-refractivity contribution in [2.75, 3.05) is 6.26 Å². The molecule has 712 valence electrons. The van der Waals surface area contributed by atoms with Gasteiger partial charge in [0.05, 0.1) is 20.7 Å². The highest BCUT2D eigenvalue weighted by molar-refractivity contribution is 7.92. The molecule has 0 spiro atoms. The second-order valence-corrected chi connectivity index (χ2v) is 42.7. The van der Waals surface area contributed by atoms with Crippen molar-refractivity contribution in [1.29, 1.82) is 0 Å². The second-order valence-electron chi connectivity index (χ2n) is 38.2. The summed E-state index contributed by atoms with van der Waals surface area (Å²) in [5.74, 6) is 7.22. The van der Waals surface area contributed by atoms with E-state index in [0.717, 1.165) is 254 Å². The predicted molar refractivity (Wildman–Crippen MR) is 523 cm³/mol. The summed E-state index contributed by atoms with van der Waals surface area (Å²) in [6, 6.07) is 34.4. The van der Waals surface area contributed by atoms with Crippen molar-refractivity contribution in [3.8, 4) is 103 Å². The number of nitrogens with two attached hydrogens (primary N) is 1. The van der Waals surface area contributed by atoms with Crippen molar-refractivity contribution in [1.82, 2.24) is 9.97 Å². The maximum atomic E-state index is 12.3. The van der Waals surface area contributed by atoms with E-state index in [1.807, 2.05) is 86.8 Å². The van der Waals surface area contributed by atoms with E-state index in [1.165, 1.54) is 18.2 Å². The zero-order valence-corrected chi connectivity index (χ0v) is 83.0. The van der Waals surface area contributed by atoms with Gasteiger partial charge in [0.15, 0.2) is 19.7 Å². The molecular formula is C108H145N3O18S2. The number of hydrogen-bond acceptors (Lipinski definition) is 21. The third-order valence-electron chi connectivity index (χ3n) is 28.0. The molecule has 0 atom stereocenters. The summed E-state index contributed by atoms with van der Waals surface area (Å²) in [7, 11) is -6.77. The van der Waals surface area contributed by atoms with Gasteiger partial charge in [-0.3, -0.25) is 9.97 Å². The van der Waals surface area contributed by atoms with E-state index in [1.54, 1.807) is 44.3 Å². The molecule has 0 saturated heterocycles. The Labute approximate surface area is 779 Å². The van der Waals surface area contributed by atoms with E-state index in [-0.39, 0.29) is 66.2 Å². The Morgan fingerprint density at radius 3 is 1.11 bits per heavy atom. The van der Waals surface area contributed by atoms with E-state index in [9.17, 15) is 52.6 Å². The van der Waals surface area contributed by atoms with Crippen LogP contribution in [0.4, 0.5) is 0 Å². The number of sulfone groups is 2. The minimum atomic E-state index is -3.42. The van der Waals surface area contributed by atoms with Gasteiger partial charge in [-0.25, -0.2) is 16.8 Å². The maximum absolute atomic E-state index is 12.3. The molecule has 7 aliphatic rings. The smallest absolute Gasteiger partial charge is 0.180 e. The molecule has 0 saturated carbocycles. The zero-order valence-electron chi connectivity index (χ0n) is 81.4. The first-order valence-corrected chi connectivity index (χ1v) is 50.7. The first-order chi connectivity index (χ1) is 61.7. The molecule has 0 bridgehead atoms. The molecule has 9 aromatic rings. The van der Waals surface area contributed by atoms with E-state index >= 15 is 0 Å². The molecule has 23 heteroatoms. The minimum absolute atomic E-state index is 0.0127. The SMILES string of the molecule is C=C(N)c1cc(O)c2c(c1)OC(CC)(CC)CC2.CC1(C)CCc2c(O)cc(-c3ccccn3)cc2O1.CCC1(CC)CCc2c(O)cc(C(C)C)cc2O1.CCC1(CC)CCc2c(O)cc(C)cc2O1.CCC1(CC)CCc2c(O)cc(S(=O)(=O)C(C)C)cc2O1.CCC1(CC)CCc2c(O)cc(S(C)(=O)=O)cc2O1.Cc1ccc(-c2cc(O)c3c(c2)OC(C)(C)CC3)cn1. The molecule has 7 aliphatic heterocycles. The number of phenols is 7. The lowest BCUT2D eigenvalue weighted by Gasteiger charge is -2.38. The third-order valence-corrected chi connectivity index (χ3v) is 31.2. The molecule has 0 amide bonds. The van der Waals surface area contributed by atoms with Gasteiger partial charge in [-0.1, -0.05) is 102 Å². The molecule has 131 heavy (non-hydrogen) atoms. The number of phenolic OH excluding ortho intramolecular Hbond substituents is 7. The highest BCUT2D eigenvalue weighted by Crippen LogP contribution is 2.50. The van der Waals surface area contributed by atoms with Crippen LogP contribution in [0.1, 0.15) is 301 Å². The number of nitrogens with zero attached hydrogens (tertiary/aromatic N) is 2. The molecule has 7 aromatic carbocycles. The van der Waals surface area contributed by atoms with E-state index in [4.69, 9.17) is 38.9 Å². The van der Waals surface area contributed by atoms with Crippen molar-refractivity contribution in [3.05, 3.63) is 196 Å². The molecule has 21 nitrogen and oxygen atoms in total. The summed E-state index contributed by atoms with van der Waals surface area (Å²) >= 11 is 0. The van der Waals surface area contributed by atoms with Crippen LogP contribution < -0.4 is 38.9 Å². The van der Waals surface area contributed by atoms with Crippen LogP contribution in [0.25, 0.3) is 28.1 Å². The van der Waals surface area contributed by atoms with Crippen molar-refractivity contribution >= 4 is 25.4 Å². The zero-order chi connectivity index (χ0) is 96.3. The molecule has 0 unspecified atom stereocenters. The van der Waals surface area contributed by atoms with Gasteiger partial charge in [0.2, 0.25) is 0 Å². The van der Waals surface area contributed by atoms with E-state index in [0.29, 0.717) is 64.5 Å². The number of benzene rings is 7. The van der Waals surface area contributed by atoms with E-state index in [2.05, 4.69) is 133 Å². The summed E-state index contributed by atoms with van der Waals surface area (Å²) in [5, 5.41) is 70.0. The number of hydrogen-bond donors (Lipinski definition) is 8. The Kier molecular flexibility index (Phi) is 33.0. The topological polar surface area (TPSA) is 326 Å². The first kappa shape index (κ1) is 103. The summed E-state index contributed by atoms with van der Waals surface area (Å²) in [4.78, 5) is 8.85. The minimum Gasteiger partial charge on any atom is -0.508 e. The van der Waals surface area contributed by atoms with Crippen LogP contribution >= 0.6 is 0 Å². The van der Waals surface area contributed by atoms with Crippen molar-refractivity contribution in [2.45, 2.75) is 353 Å². The van der Waals surface area contributed by atoms with Crippen LogP contribution in [0.2, 0.25) is 0 Å². The number of fused-ring (bicyclic) bond motifs is 7. The molecule has 0 aliphatic carbocycles. The van der Waals surface area contributed by atoms with Gasteiger partial charge in [-0.2, -0.15) is 0 Å². The number of aryl methyl sites for hydroxylation is 2. The third kappa shape index (κ3) is 24.3. The van der Waals surface area contributed by atoms with Gasteiger partial charge in [-0.05, 0) is 335 Å². The fraction of sp³-hybridized carbons (Fsp3) is 0.500. The van der Waals surface area contributed by atoms with Crippen LogP contribution in [0.3, 0.4) is 0 Å². The van der Waals surface area contributed by atoms with Gasteiger partial charge >= 0.3 is 0 Å². The Bertz CT molecular complexity index is 5720.